The second-order valence-corrected chi connectivity index (χ2v) is 2.63. The van der Waals surface area contributed by atoms with Gasteiger partial charge in [0.2, 0.25) is 0 Å². The number of carbonyl (C=O) groups excluding carboxylic acids is 1. The average Bonchev–Trinajstić information content (AvgIpc) is 2.71. The van der Waals surface area contributed by atoms with Crippen molar-refractivity contribution >= 4 is 5.91 Å². The highest BCUT2D eigenvalue weighted by molar-refractivity contribution is 5.90. The van der Waals surface area contributed by atoms with Crippen LogP contribution >= 0.6 is 0 Å². The molecule has 0 atom stereocenters. The van der Waals surface area contributed by atoms with Gasteiger partial charge in [0.05, 0.1) is 18.7 Å². The fraction of sp³-hybridized carbons (Fsp3) is 0. The molecule has 0 aliphatic heterocycles. The van der Waals surface area contributed by atoms with Crippen LogP contribution < -0.4 is 5.73 Å². The fourth-order valence-corrected chi connectivity index (χ4v) is 1.01. The van der Waals surface area contributed by atoms with E-state index in [1.165, 1.54) is 12.4 Å². The van der Waals surface area contributed by atoms with Crippen LogP contribution in [0, 0.1) is 0 Å². The van der Waals surface area contributed by atoms with Crippen molar-refractivity contribution in [3.63, 3.8) is 0 Å². The van der Waals surface area contributed by atoms with Gasteiger partial charge in [-0.25, -0.2) is 9.97 Å². The van der Waals surface area contributed by atoms with Gasteiger partial charge in [-0.3, -0.25) is 4.79 Å². The lowest BCUT2D eigenvalue weighted by molar-refractivity contribution is 0.0995. The summed E-state index contributed by atoms with van der Waals surface area (Å²) in [7, 11) is 0. The minimum atomic E-state index is -0.594. The number of nitrogens with zero attached hydrogens (tertiary/aromatic N) is 2. The highest BCUT2D eigenvalue weighted by Gasteiger charge is 2.05. The van der Waals surface area contributed by atoms with E-state index in [1.807, 2.05) is 0 Å². The smallest absolute Gasteiger partial charge is 0.268 e. The first-order valence-corrected chi connectivity index (χ1v) is 3.93. The summed E-state index contributed by atoms with van der Waals surface area (Å²) in [5.41, 5.74) is 5.73. The van der Waals surface area contributed by atoms with Gasteiger partial charge in [0.25, 0.3) is 5.91 Å². The first kappa shape index (κ1) is 8.43. The summed E-state index contributed by atoms with van der Waals surface area (Å²) in [6.07, 6.45) is 4.30. The van der Waals surface area contributed by atoms with Crippen LogP contribution in [0.25, 0.3) is 11.5 Å². The van der Waals surface area contributed by atoms with Crippen molar-refractivity contribution in [2.75, 3.05) is 0 Å². The standard InChI is InChI=1S/C9H7N3O2/c10-9(13)7-5-11-6(4-12-7)8-2-1-3-14-8/h1-5H,(H2,10,13). The van der Waals surface area contributed by atoms with E-state index >= 15 is 0 Å². The lowest BCUT2D eigenvalue weighted by Crippen LogP contribution is -2.13. The van der Waals surface area contributed by atoms with Gasteiger partial charge < -0.3 is 10.2 Å². The van der Waals surface area contributed by atoms with Crippen molar-refractivity contribution in [3.8, 4) is 11.5 Å². The molecule has 0 unspecified atom stereocenters. The number of hydrogen-bond acceptors (Lipinski definition) is 4. The molecule has 14 heavy (non-hydrogen) atoms. The highest BCUT2D eigenvalue weighted by atomic mass is 16.3. The Bertz CT molecular complexity index is 434. The Balaban J connectivity index is 2.36. The van der Waals surface area contributed by atoms with Crippen molar-refractivity contribution in [3.05, 3.63) is 36.5 Å². The topological polar surface area (TPSA) is 82.0 Å². The van der Waals surface area contributed by atoms with Gasteiger partial charge in [0, 0.05) is 0 Å². The zero-order chi connectivity index (χ0) is 9.97. The van der Waals surface area contributed by atoms with Gasteiger partial charge in [-0.15, -0.1) is 0 Å². The molecule has 0 aliphatic rings. The van der Waals surface area contributed by atoms with Crippen molar-refractivity contribution in [1.29, 1.82) is 0 Å². The molecule has 2 rings (SSSR count). The number of carbonyl (C=O) groups is 1. The van der Waals surface area contributed by atoms with E-state index in [9.17, 15) is 4.79 Å². The molecule has 0 aromatic carbocycles. The molecule has 0 radical (unpaired) electrons. The van der Waals surface area contributed by atoms with E-state index in [2.05, 4.69) is 9.97 Å². The second kappa shape index (κ2) is 3.29. The Kier molecular flexibility index (Phi) is 1.98. The molecule has 0 spiro atoms. The molecule has 2 N–H and O–H groups in total. The van der Waals surface area contributed by atoms with Crippen LogP contribution in [0.5, 0.6) is 0 Å². The number of primary amides is 1. The zero-order valence-corrected chi connectivity index (χ0v) is 7.18. The molecule has 0 saturated carbocycles. The van der Waals surface area contributed by atoms with Crippen LogP contribution in [-0.4, -0.2) is 15.9 Å². The van der Waals surface area contributed by atoms with Crippen molar-refractivity contribution < 1.29 is 9.21 Å². The van der Waals surface area contributed by atoms with Crippen LogP contribution in [0.4, 0.5) is 0 Å². The quantitative estimate of drug-likeness (QED) is 0.758. The summed E-state index contributed by atoms with van der Waals surface area (Å²) in [5.74, 6) is 0.0111. The summed E-state index contributed by atoms with van der Waals surface area (Å²) < 4.78 is 5.10. The van der Waals surface area contributed by atoms with E-state index in [4.69, 9.17) is 10.2 Å². The Labute approximate surface area is 79.6 Å². The first-order valence-electron chi connectivity index (χ1n) is 3.93. The largest absolute Gasteiger partial charge is 0.463 e. The predicted molar refractivity (Wildman–Crippen MR) is 48.3 cm³/mol. The lowest BCUT2D eigenvalue weighted by atomic mass is 10.3. The SMILES string of the molecule is NC(=O)c1cnc(-c2ccco2)cn1. The normalized spacial score (nSPS) is 10.0. The van der Waals surface area contributed by atoms with Gasteiger partial charge >= 0.3 is 0 Å². The van der Waals surface area contributed by atoms with Crippen molar-refractivity contribution in [1.82, 2.24) is 9.97 Å². The molecular formula is C9H7N3O2. The third-order valence-corrected chi connectivity index (χ3v) is 1.68. The van der Waals surface area contributed by atoms with Crippen LogP contribution in [0.3, 0.4) is 0 Å². The molecule has 2 heterocycles. The Hall–Kier alpha value is -2.17. The maximum absolute atomic E-state index is 10.7. The van der Waals surface area contributed by atoms with Crippen LogP contribution in [0.1, 0.15) is 10.5 Å². The van der Waals surface area contributed by atoms with E-state index in [1.54, 1.807) is 18.4 Å². The van der Waals surface area contributed by atoms with Crippen molar-refractivity contribution in [2.45, 2.75) is 0 Å². The predicted octanol–water partition coefficient (Wildman–Crippen LogP) is 0.836. The summed E-state index contributed by atoms with van der Waals surface area (Å²) in [5, 5.41) is 0. The van der Waals surface area contributed by atoms with E-state index in [0.29, 0.717) is 11.5 Å². The molecule has 5 nitrogen and oxygen atoms in total. The molecule has 0 aliphatic carbocycles. The summed E-state index contributed by atoms with van der Waals surface area (Å²) >= 11 is 0. The van der Waals surface area contributed by atoms with Crippen molar-refractivity contribution in [2.24, 2.45) is 5.73 Å². The minimum Gasteiger partial charge on any atom is -0.463 e. The zero-order valence-electron chi connectivity index (χ0n) is 7.18. The van der Waals surface area contributed by atoms with E-state index in [-0.39, 0.29) is 5.69 Å². The summed E-state index contributed by atoms with van der Waals surface area (Å²) in [6.45, 7) is 0. The molecule has 2 aromatic rings. The number of furan rings is 1. The molecule has 2 aromatic heterocycles. The molecule has 0 bridgehead atoms. The highest BCUT2D eigenvalue weighted by Crippen LogP contribution is 2.15. The first-order chi connectivity index (χ1) is 6.77. The van der Waals surface area contributed by atoms with E-state index < -0.39 is 5.91 Å². The summed E-state index contributed by atoms with van der Waals surface area (Å²) in [4.78, 5) is 18.5. The van der Waals surface area contributed by atoms with Gasteiger partial charge in [-0.05, 0) is 12.1 Å². The number of hydrogen-bond donors (Lipinski definition) is 1. The fourth-order valence-electron chi connectivity index (χ4n) is 1.01. The number of nitrogens with two attached hydrogens (primary N) is 1. The monoisotopic (exact) mass is 189 g/mol. The maximum Gasteiger partial charge on any atom is 0.268 e. The van der Waals surface area contributed by atoms with Gasteiger partial charge in [0.1, 0.15) is 11.4 Å². The van der Waals surface area contributed by atoms with Crippen LogP contribution in [0.2, 0.25) is 0 Å². The second-order valence-electron chi connectivity index (χ2n) is 2.63. The molecule has 5 heteroatoms. The van der Waals surface area contributed by atoms with Crippen LogP contribution in [-0.2, 0) is 0 Å². The molecule has 0 saturated heterocycles. The average molecular weight is 189 g/mol. The Morgan fingerprint density at radius 2 is 2.21 bits per heavy atom. The Morgan fingerprint density at radius 3 is 2.71 bits per heavy atom. The number of amides is 1. The third-order valence-electron chi connectivity index (χ3n) is 1.68. The molecule has 0 fully saturated rings. The number of aromatic nitrogens is 2. The van der Waals surface area contributed by atoms with Gasteiger partial charge in [-0.1, -0.05) is 0 Å². The minimum absolute atomic E-state index is 0.139. The third kappa shape index (κ3) is 1.47. The molecule has 1 amide bonds. The van der Waals surface area contributed by atoms with Gasteiger partial charge in [0.15, 0.2) is 5.76 Å². The number of rotatable bonds is 2. The maximum atomic E-state index is 10.7. The lowest BCUT2D eigenvalue weighted by Gasteiger charge is -1.96. The van der Waals surface area contributed by atoms with Gasteiger partial charge in [-0.2, -0.15) is 0 Å². The molecular weight excluding hydrogens is 182 g/mol. The van der Waals surface area contributed by atoms with E-state index in [0.717, 1.165) is 0 Å². The van der Waals surface area contributed by atoms with Crippen LogP contribution in [0.15, 0.2) is 35.2 Å². The summed E-state index contributed by atoms with van der Waals surface area (Å²) in [6, 6.07) is 3.51. The Morgan fingerprint density at radius 1 is 1.36 bits per heavy atom. The molecule has 70 valence electrons.